The Bertz CT molecular complexity index is 570. The van der Waals surface area contributed by atoms with Crippen molar-refractivity contribution in [1.82, 2.24) is 15.0 Å². The number of nitro groups is 1. The highest BCUT2D eigenvalue weighted by molar-refractivity contribution is 5.77. The van der Waals surface area contributed by atoms with E-state index in [1.54, 1.807) is 19.9 Å². The molecule has 2 rings (SSSR count). The van der Waals surface area contributed by atoms with E-state index in [0.717, 1.165) is 0 Å². The zero-order valence-electron chi connectivity index (χ0n) is 9.49. The molecule has 1 heterocycles. The minimum Gasteiger partial charge on any atom is -0.389 e. The molecular formula is C10H12N4O3. The van der Waals surface area contributed by atoms with Crippen LogP contribution in [-0.4, -0.2) is 30.6 Å². The Kier molecular flexibility index (Phi) is 2.55. The van der Waals surface area contributed by atoms with E-state index in [9.17, 15) is 15.2 Å². The van der Waals surface area contributed by atoms with E-state index in [1.807, 2.05) is 0 Å². The van der Waals surface area contributed by atoms with Gasteiger partial charge in [0.15, 0.2) is 0 Å². The quantitative estimate of drug-likeness (QED) is 0.636. The lowest BCUT2D eigenvalue weighted by molar-refractivity contribution is -0.384. The molecule has 0 aliphatic rings. The zero-order chi connectivity index (χ0) is 12.6. The predicted octanol–water partition coefficient (Wildman–Crippen LogP) is 1.11. The molecule has 0 radical (unpaired) electrons. The van der Waals surface area contributed by atoms with Crippen LogP contribution in [0.2, 0.25) is 0 Å². The molecule has 2 aromatic rings. The first-order chi connectivity index (χ1) is 7.87. The molecule has 0 spiro atoms. The van der Waals surface area contributed by atoms with Crippen LogP contribution in [-0.2, 0) is 6.54 Å². The standard InChI is InChI=1S/C10H12N4O3/c1-10(2,15)6-13-9-4-3-7(14(16)17)5-8(9)11-12-13/h3-5,15H,6H2,1-2H3. The van der Waals surface area contributed by atoms with Gasteiger partial charge in [0.1, 0.15) is 5.52 Å². The second kappa shape index (κ2) is 3.77. The lowest BCUT2D eigenvalue weighted by Crippen LogP contribution is -2.26. The SMILES string of the molecule is CC(C)(O)Cn1nnc2cc([N+](=O)[O-])ccc21. The zero-order valence-corrected chi connectivity index (χ0v) is 9.49. The number of nitrogens with zero attached hydrogens (tertiary/aromatic N) is 4. The number of rotatable bonds is 3. The van der Waals surface area contributed by atoms with Crippen LogP contribution < -0.4 is 0 Å². The summed E-state index contributed by atoms with van der Waals surface area (Å²) in [6, 6.07) is 4.34. The van der Waals surface area contributed by atoms with Gasteiger partial charge in [-0.2, -0.15) is 0 Å². The van der Waals surface area contributed by atoms with Crippen molar-refractivity contribution in [2.45, 2.75) is 26.0 Å². The molecule has 0 amide bonds. The lowest BCUT2D eigenvalue weighted by atomic mass is 10.1. The lowest BCUT2D eigenvalue weighted by Gasteiger charge is -2.16. The highest BCUT2D eigenvalue weighted by Crippen LogP contribution is 2.19. The highest BCUT2D eigenvalue weighted by Gasteiger charge is 2.17. The van der Waals surface area contributed by atoms with Gasteiger partial charge in [-0.15, -0.1) is 5.10 Å². The molecule has 7 heteroatoms. The van der Waals surface area contributed by atoms with Crippen molar-refractivity contribution in [1.29, 1.82) is 0 Å². The van der Waals surface area contributed by atoms with E-state index < -0.39 is 10.5 Å². The maximum absolute atomic E-state index is 10.6. The van der Waals surface area contributed by atoms with Crippen molar-refractivity contribution in [3.8, 4) is 0 Å². The molecule has 0 aliphatic carbocycles. The number of non-ortho nitro benzene ring substituents is 1. The summed E-state index contributed by atoms with van der Waals surface area (Å²) in [6.45, 7) is 3.60. The van der Waals surface area contributed by atoms with E-state index in [2.05, 4.69) is 10.3 Å². The van der Waals surface area contributed by atoms with Gasteiger partial charge in [-0.25, -0.2) is 4.68 Å². The summed E-state index contributed by atoms with van der Waals surface area (Å²) in [5, 5.41) is 28.0. The fourth-order valence-corrected chi connectivity index (χ4v) is 1.56. The van der Waals surface area contributed by atoms with Crippen LogP contribution in [0.15, 0.2) is 18.2 Å². The van der Waals surface area contributed by atoms with Gasteiger partial charge in [0.25, 0.3) is 5.69 Å². The van der Waals surface area contributed by atoms with E-state index in [1.165, 1.54) is 16.8 Å². The van der Waals surface area contributed by atoms with Crippen LogP contribution in [0.3, 0.4) is 0 Å². The molecule has 90 valence electrons. The summed E-state index contributed by atoms with van der Waals surface area (Å²) >= 11 is 0. The molecule has 0 atom stereocenters. The van der Waals surface area contributed by atoms with Crippen LogP contribution in [0.1, 0.15) is 13.8 Å². The highest BCUT2D eigenvalue weighted by atomic mass is 16.6. The molecular weight excluding hydrogens is 224 g/mol. The molecule has 0 fully saturated rings. The Balaban J connectivity index is 2.45. The average Bonchev–Trinajstić information content (AvgIpc) is 2.58. The fraction of sp³-hybridized carbons (Fsp3) is 0.400. The summed E-state index contributed by atoms with van der Waals surface area (Å²) in [7, 11) is 0. The summed E-state index contributed by atoms with van der Waals surface area (Å²) < 4.78 is 1.53. The Labute approximate surface area is 96.8 Å². The predicted molar refractivity (Wildman–Crippen MR) is 60.5 cm³/mol. The molecule has 0 unspecified atom stereocenters. The number of fused-ring (bicyclic) bond motifs is 1. The molecule has 1 N–H and O–H groups in total. The van der Waals surface area contributed by atoms with Crippen molar-refractivity contribution in [2.24, 2.45) is 0 Å². The number of benzene rings is 1. The van der Waals surface area contributed by atoms with Crippen molar-refractivity contribution in [3.63, 3.8) is 0 Å². The van der Waals surface area contributed by atoms with Crippen molar-refractivity contribution in [3.05, 3.63) is 28.3 Å². The molecule has 17 heavy (non-hydrogen) atoms. The molecule has 0 bridgehead atoms. The minimum absolute atomic E-state index is 0.0205. The van der Waals surface area contributed by atoms with Crippen molar-refractivity contribution < 1.29 is 10.0 Å². The largest absolute Gasteiger partial charge is 0.389 e. The maximum atomic E-state index is 10.6. The Morgan fingerprint density at radius 2 is 2.24 bits per heavy atom. The summed E-state index contributed by atoms with van der Waals surface area (Å²) in [6.07, 6.45) is 0. The second-order valence-corrected chi connectivity index (χ2v) is 4.49. The van der Waals surface area contributed by atoms with Crippen LogP contribution in [0.25, 0.3) is 11.0 Å². The molecule has 1 aromatic heterocycles. The minimum atomic E-state index is -0.914. The van der Waals surface area contributed by atoms with E-state index >= 15 is 0 Å². The van der Waals surface area contributed by atoms with Crippen LogP contribution in [0.4, 0.5) is 5.69 Å². The summed E-state index contributed by atoms with van der Waals surface area (Å²) in [4.78, 5) is 10.1. The molecule has 1 aromatic carbocycles. The van der Waals surface area contributed by atoms with Gasteiger partial charge in [0.2, 0.25) is 0 Å². The third kappa shape index (κ3) is 2.39. The number of aliphatic hydroxyl groups is 1. The fourth-order valence-electron chi connectivity index (χ4n) is 1.56. The van der Waals surface area contributed by atoms with Gasteiger partial charge in [0.05, 0.1) is 22.6 Å². The number of aromatic nitrogens is 3. The monoisotopic (exact) mass is 236 g/mol. The Hall–Kier alpha value is -2.02. The average molecular weight is 236 g/mol. The number of hydrogen-bond acceptors (Lipinski definition) is 5. The molecule has 7 nitrogen and oxygen atoms in total. The van der Waals surface area contributed by atoms with Gasteiger partial charge in [0, 0.05) is 12.1 Å². The van der Waals surface area contributed by atoms with Crippen molar-refractivity contribution >= 4 is 16.7 Å². The Morgan fingerprint density at radius 3 is 2.82 bits per heavy atom. The summed E-state index contributed by atoms with van der Waals surface area (Å²) in [5.74, 6) is 0. The van der Waals surface area contributed by atoms with E-state index in [4.69, 9.17) is 0 Å². The van der Waals surface area contributed by atoms with Crippen molar-refractivity contribution in [2.75, 3.05) is 0 Å². The van der Waals surface area contributed by atoms with Gasteiger partial charge in [-0.05, 0) is 19.9 Å². The Morgan fingerprint density at radius 1 is 1.53 bits per heavy atom. The first kappa shape index (κ1) is 11.5. The van der Waals surface area contributed by atoms with Gasteiger partial charge < -0.3 is 5.11 Å². The summed E-state index contributed by atoms with van der Waals surface area (Å²) in [5.41, 5.74) is 0.177. The molecule has 0 saturated carbocycles. The number of nitro benzene ring substituents is 1. The maximum Gasteiger partial charge on any atom is 0.271 e. The third-order valence-corrected chi connectivity index (χ3v) is 2.25. The smallest absolute Gasteiger partial charge is 0.271 e. The second-order valence-electron chi connectivity index (χ2n) is 4.49. The first-order valence-corrected chi connectivity index (χ1v) is 5.07. The van der Waals surface area contributed by atoms with Gasteiger partial charge in [-0.3, -0.25) is 10.1 Å². The van der Waals surface area contributed by atoms with E-state index in [-0.39, 0.29) is 12.2 Å². The van der Waals surface area contributed by atoms with Crippen LogP contribution >= 0.6 is 0 Å². The third-order valence-electron chi connectivity index (χ3n) is 2.25. The topological polar surface area (TPSA) is 94.1 Å². The van der Waals surface area contributed by atoms with E-state index in [0.29, 0.717) is 11.0 Å². The molecule has 0 saturated heterocycles. The normalized spacial score (nSPS) is 11.9. The van der Waals surface area contributed by atoms with Gasteiger partial charge in [-0.1, -0.05) is 5.21 Å². The van der Waals surface area contributed by atoms with Crippen LogP contribution in [0.5, 0.6) is 0 Å². The number of hydrogen-bond donors (Lipinski definition) is 1. The van der Waals surface area contributed by atoms with Crippen LogP contribution in [0, 0.1) is 10.1 Å². The molecule has 0 aliphatic heterocycles. The first-order valence-electron chi connectivity index (χ1n) is 5.07. The van der Waals surface area contributed by atoms with Gasteiger partial charge >= 0.3 is 0 Å².